The van der Waals surface area contributed by atoms with Crippen LogP contribution in [-0.4, -0.2) is 13.7 Å². The Hall–Kier alpha value is -6.84. The van der Waals surface area contributed by atoms with E-state index in [2.05, 4.69) is 75.9 Å². The van der Waals surface area contributed by atoms with Crippen molar-refractivity contribution < 1.29 is 12.3 Å². The molecule has 0 aliphatic heterocycles. The highest BCUT2D eigenvalue weighted by Gasteiger charge is 2.23. The van der Waals surface area contributed by atoms with E-state index in [0.717, 1.165) is 65.8 Å². The first-order valence-electron chi connectivity index (χ1n) is 21.3. The maximum Gasteiger partial charge on any atom is 0.0783 e. The number of hydrogen-bond acceptors (Lipinski definition) is 0. The number of benzene rings is 8. The summed E-state index contributed by atoms with van der Waals surface area (Å²) in [4.78, 5) is 0. The Kier molecular flexibility index (Phi) is 4.38. The molecular formula is C48H31N3. The van der Waals surface area contributed by atoms with Crippen LogP contribution in [0.2, 0.25) is 0 Å². The van der Waals surface area contributed by atoms with E-state index < -0.39 is 54.4 Å². The lowest BCUT2D eigenvalue weighted by Gasteiger charge is -2.17. The van der Waals surface area contributed by atoms with Crippen LogP contribution in [0.15, 0.2) is 188 Å². The van der Waals surface area contributed by atoms with Gasteiger partial charge in [0.15, 0.2) is 0 Å². The van der Waals surface area contributed by atoms with E-state index in [1.54, 1.807) is 4.57 Å². The van der Waals surface area contributed by atoms with E-state index in [-0.39, 0.29) is 16.8 Å². The standard InChI is InChI=1S/C48H31N3/c1-2-15-32(16-3-1)33-17-12-18-34(31-33)49-41-25-8-6-21-37(41)39-23-14-30-46(47(39)49)51-44-28-11-7-22-38(44)40-24-13-29-45(48(40)51)50-42-26-9-4-19-35(42)36-20-5-10-27-43(36)50/h1-31H/i1D,2D,3D,12D,15D,16D,17D,18D,31D. The Morgan fingerprint density at radius 3 is 1.35 bits per heavy atom. The Balaban J connectivity index is 1.32. The monoisotopic (exact) mass is 658 g/mol. The number of hydrogen-bond donors (Lipinski definition) is 0. The lowest BCUT2D eigenvalue weighted by molar-refractivity contribution is 1.11. The quantitative estimate of drug-likeness (QED) is 0.179. The van der Waals surface area contributed by atoms with Crippen molar-refractivity contribution in [3.63, 3.8) is 0 Å². The second-order valence-electron chi connectivity index (χ2n) is 12.6. The molecule has 0 amide bonds. The maximum atomic E-state index is 9.78. The largest absolute Gasteiger partial charge is 0.307 e. The first kappa shape index (κ1) is 20.6. The van der Waals surface area contributed by atoms with Gasteiger partial charge in [-0.15, -0.1) is 0 Å². The van der Waals surface area contributed by atoms with Gasteiger partial charge in [-0.05, 0) is 59.6 Å². The molecule has 3 nitrogen and oxygen atoms in total. The summed E-state index contributed by atoms with van der Waals surface area (Å²) in [5, 5.41) is 5.92. The molecule has 0 radical (unpaired) electrons. The van der Waals surface area contributed by atoms with Gasteiger partial charge in [-0.1, -0.05) is 139 Å². The van der Waals surface area contributed by atoms with Gasteiger partial charge in [-0.2, -0.15) is 0 Å². The Morgan fingerprint density at radius 2 is 0.765 bits per heavy atom. The molecular weight excluding hydrogens is 619 g/mol. The molecule has 0 fully saturated rings. The molecule has 0 saturated heterocycles. The average Bonchev–Trinajstić information content (AvgIpc) is 3.92. The van der Waals surface area contributed by atoms with Gasteiger partial charge < -0.3 is 13.7 Å². The fraction of sp³-hybridized carbons (Fsp3) is 0. The fourth-order valence-corrected chi connectivity index (χ4v) is 7.97. The molecule has 0 saturated carbocycles. The van der Waals surface area contributed by atoms with Crippen LogP contribution in [0.1, 0.15) is 12.3 Å². The van der Waals surface area contributed by atoms with Crippen LogP contribution in [0.4, 0.5) is 0 Å². The van der Waals surface area contributed by atoms with Crippen LogP contribution in [0, 0.1) is 0 Å². The Morgan fingerprint density at radius 1 is 0.333 bits per heavy atom. The zero-order valence-corrected chi connectivity index (χ0v) is 27.0. The highest BCUT2D eigenvalue weighted by molar-refractivity contribution is 6.17. The summed E-state index contributed by atoms with van der Waals surface area (Å²) in [6, 6.07) is 40.0. The van der Waals surface area contributed by atoms with Crippen LogP contribution >= 0.6 is 0 Å². The van der Waals surface area contributed by atoms with Gasteiger partial charge in [0.2, 0.25) is 0 Å². The lowest BCUT2D eigenvalue weighted by Crippen LogP contribution is -2.03. The van der Waals surface area contributed by atoms with Gasteiger partial charge in [-0.3, -0.25) is 0 Å². The molecule has 11 aromatic rings. The minimum atomic E-state index is -0.614. The number of aromatic nitrogens is 3. The number of para-hydroxylation sites is 6. The molecule has 3 heterocycles. The third-order valence-corrected chi connectivity index (χ3v) is 9.99. The minimum Gasteiger partial charge on any atom is -0.307 e. The minimum absolute atomic E-state index is 0.0418. The molecule has 11 rings (SSSR count). The van der Waals surface area contributed by atoms with Gasteiger partial charge in [0.05, 0.1) is 56.8 Å². The molecule has 0 aliphatic rings. The molecule has 0 aliphatic carbocycles. The smallest absolute Gasteiger partial charge is 0.0783 e. The third-order valence-electron chi connectivity index (χ3n) is 9.99. The van der Waals surface area contributed by atoms with Crippen LogP contribution in [0.25, 0.3) is 93.6 Å². The van der Waals surface area contributed by atoms with Crippen LogP contribution in [0.5, 0.6) is 0 Å². The summed E-state index contributed by atoms with van der Waals surface area (Å²) in [6.07, 6.45) is 0. The van der Waals surface area contributed by atoms with Crippen molar-refractivity contribution in [1.29, 1.82) is 0 Å². The fourth-order valence-electron chi connectivity index (χ4n) is 7.97. The first-order chi connectivity index (χ1) is 29.1. The van der Waals surface area contributed by atoms with Gasteiger partial charge in [0.1, 0.15) is 0 Å². The third kappa shape index (κ3) is 4.00. The number of rotatable bonds is 4. The molecule has 238 valence electrons. The van der Waals surface area contributed by atoms with Crippen LogP contribution in [0.3, 0.4) is 0 Å². The van der Waals surface area contributed by atoms with E-state index in [1.807, 2.05) is 66.7 Å². The van der Waals surface area contributed by atoms with Crippen LogP contribution < -0.4 is 0 Å². The SMILES string of the molecule is [2H]c1c([2H])c([2H])c(-c2c([2H])c([2H])c([2H])c(-n3c4ccccc4c4cccc(-n5c6ccccc6c6cccc(-n7c8ccccc8c8ccccc87)c65)c43)c2[2H])c([2H])c1[2H]. The molecule has 0 unspecified atom stereocenters. The number of nitrogens with zero attached hydrogens (tertiary/aromatic N) is 3. The molecule has 0 atom stereocenters. The van der Waals surface area contributed by atoms with Gasteiger partial charge >= 0.3 is 0 Å². The highest BCUT2D eigenvalue weighted by atomic mass is 15.1. The van der Waals surface area contributed by atoms with Crippen molar-refractivity contribution >= 4 is 65.4 Å². The van der Waals surface area contributed by atoms with Gasteiger partial charge in [-0.25, -0.2) is 0 Å². The predicted molar refractivity (Wildman–Crippen MR) is 215 cm³/mol. The molecule has 3 heteroatoms. The van der Waals surface area contributed by atoms with Crippen molar-refractivity contribution in [2.75, 3.05) is 0 Å². The Labute approximate surface area is 307 Å². The molecule has 0 spiro atoms. The highest BCUT2D eigenvalue weighted by Crippen LogP contribution is 2.43. The van der Waals surface area contributed by atoms with Crippen molar-refractivity contribution in [2.24, 2.45) is 0 Å². The molecule has 8 aromatic carbocycles. The van der Waals surface area contributed by atoms with E-state index in [1.165, 1.54) is 0 Å². The zero-order chi connectivity index (χ0) is 41.3. The van der Waals surface area contributed by atoms with Crippen molar-refractivity contribution in [2.45, 2.75) is 0 Å². The summed E-state index contributed by atoms with van der Waals surface area (Å²) in [5.41, 5.74) is 6.17. The van der Waals surface area contributed by atoms with E-state index in [9.17, 15) is 2.74 Å². The second-order valence-corrected chi connectivity index (χ2v) is 12.6. The molecule has 51 heavy (non-hydrogen) atoms. The summed E-state index contributed by atoms with van der Waals surface area (Å²) >= 11 is 0. The molecule has 0 N–H and O–H groups in total. The maximum absolute atomic E-state index is 9.78. The summed E-state index contributed by atoms with van der Waals surface area (Å²) in [5.74, 6) is 0. The topological polar surface area (TPSA) is 14.8 Å². The summed E-state index contributed by atoms with van der Waals surface area (Å²) in [7, 11) is 0. The van der Waals surface area contributed by atoms with E-state index in [0.29, 0.717) is 11.0 Å². The number of fused-ring (bicyclic) bond motifs is 9. The normalized spacial score (nSPS) is 14.4. The average molecular weight is 659 g/mol. The van der Waals surface area contributed by atoms with Crippen molar-refractivity contribution in [3.8, 4) is 28.2 Å². The summed E-state index contributed by atoms with van der Waals surface area (Å²) < 4.78 is 86.2. The van der Waals surface area contributed by atoms with Crippen LogP contribution in [-0.2, 0) is 0 Å². The lowest BCUT2D eigenvalue weighted by atomic mass is 10.1. The van der Waals surface area contributed by atoms with Crippen molar-refractivity contribution in [1.82, 2.24) is 13.7 Å². The zero-order valence-electron chi connectivity index (χ0n) is 36.0. The van der Waals surface area contributed by atoms with Crippen molar-refractivity contribution in [3.05, 3.63) is 188 Å². The van der Waals surface area contributed by atoms with E-state index >= 15 is 0 Å². The molecule has 0 bridgehead atoms. The Bertz CT molecular complexity index is 3590. The predicted octanol–water partition coefficient (Wildman–Crippen LogP) is 12.6. The van der Waals surface area contributed by atoms with E-state index in [4.69, 9.17) is 9.60 Å². The molecule has 3 aromatic heterocycles. The second kappa shape index (κ2) is 10.8. The first-order valence-corrected chi connectivity index (χ1v) is 16.8. The van der Waals surface area contributed by atoms with Gasteiger partial charge in [0.25, 0.3) is 0 Å². The summed E-state index contributed by atoms with van der Waals surface area (Å²) in [6.45, 7) is 0. The van der Waals surface area contributed by atoms with Gasteiger partial charge in [0, 0.05) is 38.0 Å².